The summed E-state index contributed by atoms with van der Waals surface area (Å²) in [7, 11) is 0. The van der Waals surface area contributed by atoms with Crippen LogP contribution in [0.2, 0.25) is 0 Å². The maximum absolute atomic E-state index is 13.0. The van der Waals surface area contributed by atoms with Gasteiger partial charge in [-0.05, 0) is 11.6 Å². The molecule has 11 heavy (non-hydrogen) atoms. The van der Waals surface area contributed by atoms with E-state index >= 15 is 0 Å². The summed E-state index contributed by atoms with van der Waals surface area (Å²) >= 11 is 0. The van der Waals surface area contributed by atoms with Crippen molar-refractivity contribution in [3.8, 4) is 0 Å². The first-order valence-electron chi connectivity index (χ1n) is 3.12. The van der Waals surface area contributed by atoms with E-state index in [0.717, 1.165) is 0 Å². The monoisotopic (exact) mass is 164 g/mol. The molecule has 2 atom stereocenters. The van der Waals surface area contributed by atoms with Crippen molar-refractivity contribution in [1.29, 1.82) is 0 Å². The van der Waals surface area contributed by atoms with Gasteiger partial charge in [0, 0.05) is 5.92 Å². The van der Waals surface area contributed by atoms with Crippen LogP contribution >= 0.6 is 0 Å². The summed E-state index contributed by atoms with van der Waals surface area (Å²) in [6.07, 6.45) is -1.71. The van der Waals surface area contributed by atoms with Crippen LogP contribution in [0, 0.1) is 5.92 Å². The number of halogens is 4. The summed E-state index contributed by atoms with van der Waals surface area (Å²) in [4.78, 5) is 0. The van der Waals surface area contributed by atoms with Crippen molar-refractivity contribution in [2.24, 2.45) is 5.92 Å². The maximum Gasteiger partial charge on any atom is 0.427 e. The molecule has 0 amide bonds. The van der Waals surface area contributed by atoms with E-state index in [0.29, 0.717) is 11.6 Å². The van der Waals surface area contributed by atoms with Crippen LogP contribution < -0.4 is 0 Å². The lowest BCUT2D eigenvalue weighted by atomic mass is 10.0. The smallest absolute Gasteiger partial charge is 0.228 e. The van der Waals surface area contributed by atoms with Gasteiger partial charge in [0.05, 0.1) is 0 Å². The standard InChI is InChI=1S/C7H4F4/c8-6(7(9,10)11)2-1-4-3-5(4)6/h1-3,5H/t5-,6-/m0/s1. The van der Waals surface area contributed by atoms with Crippen molar-refractivity contribution in [3.63, 3.8) is 0 Å². The molecule has 0 spiro atoms. The fourth-order valence-corrected chi connectivity index (χ4v) is 1.26. The molecule has 0 aromatic rings. The number of rotatable bonds is 0. The SMILES string of the molecule is FC(F)(F)[C@]1(F)C=CC2=C[C@@H]21. The second kappa shape index (κ2) is 1.52. The molecular formula is C7H4F4. The lowest BCUT2D eigenvalue weighted by molar-refractivity contribution is -0.215. The molecular weight excluding hydrogens is 160 g/mol. The predicted molar refractivity (Wildman–Crippen MR) is 30.6 cm³/mol. The van der Waals surface area contributed by atoms with Gasteiger partial charge in [-0.2, -0.15) is 13.2 Å². The third kappa shape index (κ3) is 0.695. The highest BCUT2D eigenvalue weighted by atomic mass is 19.4. The number of hydrogen-bond donors (Lipinski definition) is 0. The van der Waals surface area contributed by atoms with Crippen molar-refractivity contribution in [2.75, 3.05) is 0 Å². The third-order valence-corrected chi connectivity index (χ3v) is 2.01. The highest BCUT2D eigenvalue weighted by molar-refractivity contribution is 5.52. The molecule has 60 valence electrons. The Morgan fingerprint density at radius 2 is 2.00 bits per heavy atom. The van der Waals surface area contributed by atoms with Gasteiger partial charge in [0.2, 0.25) is 5.67 Å². The van der Waals surface area contributed by atoms with Crippen LogP contribution in [0.1, 0.15) is 0 Å². The summed E-state index contributed by atoms with van der Waals surface area (Å²) in [6, 6.07) is 0. The van der Waals surface area contributed by atoms with E-state index in [4.69, 9.17) is 0 Å². The molecule has 0 nitrogen and oxygen atoms in total. The number of fused-ring (bicyclic) bond motifs is 1. The van der Waals surface area contributed by atoms with Gasteiger partial charge in [0.25, 0.3) is 0 Å². The Kier molecular flexibility index (Phi) is 0.949. The molecule has 0 radical (unpaired) electrons. The van der Waals surface area contributed by atoms with E-state index in [9.17, 15) is 17.6 Å². The molecule has 4 heteroatoms. The minimum Gasteiger partial charge on any atom is -0.228 e. The molecule has 0 heterocycles. The lowest BCUT2D eigenvalue weighted by Gasteiger charge is -2.22. The second-order valence-electron chi connectivity index (χ2n) is 2.74. The molecule has 2 aliphatic carbocycles. The normalized spacial score (nSPS) is 40.4. The van der Waals surface area contributed by atoms with Crippen molar-refractivity contribution in [1.82, 2.24) is 0 Å². The molecule has 0 saturated carbocycles. The third-order valence-electron chi connectivity index (χ3n) is 2.01. The predicted octanol–water partition coefficient (Wildman–Crippen LogP) is 2.38. The minimum atomic E-state index is -4.77. The molecule has 0 N–H and O–H groups in total. The molecule has 2 aliphatic rings. The van der Waals surface area contributed by atoms with Crippen molar-refractivity contribution in [3.05, 3.63) is 23.8 Å². The first-order valence-corrected chi connectivity index (χ1v) is 3.12. The Balaban J connectivity index is 2.32. The summed E-state index contributed by atoms with van der Waals surface area (Å²) in [6.45, 7) is 0. The van der Waals surface area contributed by atoms with Crippen molar-refractivity contribution < 1.29 is 17.6 Å². The zero-order chi connectivity index (χ0) is 8.28. The topological polar surface area (TPSA) is 0 Å². The van der Waals surface area contributed by atoms with Crippen molar-refractivity contribution in [2.45, 2.75) is 11.8 Å². The Labute approximate surface area is 60.2 Å². The highest BCUT2D eigenvalue weighted by Gasteiger charge is 2.64. The van der Waals surface area contributed by atoms with Gasteiger partial charge >= 0.3 is 6.18 Å². The van der Waals surface area contributed by atoms with Crippen LogP contribution in [0.4, 0.5) is 17.6 Å². The van der Waals surface area contributed by atoms with Crippen LogP contribution in [0.15, 0.2) is 23.8 Å². The minimum absolute atomic E-state index is 0.463. The fraction of sp³-hybridized carbons (Fsp3) is 0.429. The van der Waals surface area contributed by atoms with Gasteiger partial charge in [-0.3, -0.25) is 0 Å². The molecule has 0 unspecified atom stereocenters. The summed E-state index contributed by atoms with van der Waals surface area (Å²) < 4.78 is 48.9. The van der Waals surface area contributed by atoms with E-state index in [1.54, 1.807) is 0 Å². The first-order chi connectivity index (χ1) is 4.95. The average Bonchev–Trinajstić information content (AvgIpc) is 2.54. The first kappa shape index (κ1) is 6.88. The van der Waals surface area contributed by atoms with Crippen LogP contribution in [0.25, 0.3) is 0 Å². The summed E-state index contributed by atoms with van der Waals surface area (Å²) in [5, 5.41) is 0. The Morgan fingerprint density at radius 1 is 1.36 bits per heavy atom. The van der Waals surface area contributed by atoms with Crippen LogP contribution in [-0.2, 0) is 0 Å². The van der Waals surface area contributed by atoms with Crippen molar-refractivity contribution >= 4 is 0 Å². The zero-order valence-electron chi connectivity index (χ0n) is 5.32. The van der Waals surface area contributed by atoms with E-state index in [2.05, 4.69) is 0 Å². The van der Waals surface area contributed by atoms with Gasteiger partial charge in [-0.25, -0.2) is 4.39 Å². The Morgan fingerprint density at radius 3 is 2.18 bits per heavy atom. The largest absolute Gasteiger partial charge is 0.427 e. The zero-order valence-corrected chi connectivity index (χ0v) is 5.32. The molecule has 0 aromatic heterocycles. The van der Waals surface area contributed by atoms with Gasteiger partial charge in [0.15, 0.2) is 0 Å². The number of allylic oxidation sites excluding steroid dienone is 4. The summed E-state index contributed by atoms with van der Waals surface area (Å²) in [5.41, 5.74) is -2.65. The van der Waals surface area contributed by atoms with Gasteiger partial charge < -0.3 is 0 Å². The molecule has 0 saturated heterocycles. The lowest BCUT2D eigenvalue weighted by Crippen LogP contribution is -2.40. The van der Waals surface area contributed by atoms with Crippen LogP contribution in [0.3, 0.4) is 0 Å². The van der Waals surface area contributed by atoms with E-state index in [1.165, 1.54) is 12.2 Å². The fourth-order valence-electron chi connectivity index (χ4n) is 1.26. The molecule has 0 aromatic carbocycles. The number of alkyl halides is 4. The molecule has 0 aliphatic heterocycles. The molecule has 0 fully saturated rings. The summed E-state index contributed by atoms with van der Waals surface area (Å²) in [5.74, 6) is -1.03. The second-order valence-corrected chi connectivity index (χ2v) is 2.74. The Bertz CT molecular complexity index is 260. The van der Waals surface area contributed by atoms with Crippen LogP contribution in [-0.4, -0.2) is 11.8 Å². The average molecular weight is 164 g/mol. The molecule has 2 rings (SSSR count). The number of hydrogen-bond acceptors (Lipinski definition) is 0. The van der Waals surface area contributed by atoms with Crippen LogP contribution in [0.5, 0.6) is 0 Å². The van der Waals surface area contributed by atoms with Gasteiger partial charge in [-0.1, -0.05) is 12.2 Å². The highest BCUT2D eigenvalue weighted by Crippen LogP contribution is 2.55. The Hall–Kier alpha value is -0.800. The quantitative estimate of drug-likeness (QED) is 0.482. The van der Waals surface area contributed by atoms with E-state index in [-0.39, 0.29) is 0 Å². The van der Waals surface area contributed by atoms with Gasteiger partial charge in [-0.15, -0.1) is 0 Å². The van der Waals surface area contributed by atoms with Gasteiger partial charge in [0.1, 0.15) is 0 Å². The maximum atomic E-state index is 13.0. The van der Waals surface area contributed by atoms with E-state index < -0.39 is 17.8 Å². The van der Waals surface area contributed by atoms with E-state index in [1.807, 2.05) is 0 Å². The molecule has 0 bridgehead atoms.